The van der Waals surface area contributed by atoms with Crippen molar-refractivity contribution < 1.29 is 0 Å². The van der Waals surface area contributed by atoms with Gasteiger partial charge in [-0.1, -0.05) is 66.7 Å². The van der Waals surface area contributed by atoms with Crippen LogP contribution in [0.2, 0.25) is 0 Å². The topological polar surface area (TPSA) is 80.7 Å². The SMILES string of the molecule is c1ccc(C2=NC(=NCCc3c[nH]c4ccccc34)C(=NCCc3c[nH]c4ccccc34)N2)cc1. The van der Waals surface area contributed by atoms with Gasteiger partial charge in [0.05, 0.1) is 0 Å². The molecule has 0 saturated heterocycles. The summed E-state index contributed by atoms with van der Waals surface area (Å²) in [6.07, 6.45) is 5.84. The van der Waals surface area contributed by atoms with E-state index in [9.17, 15) is 0 Å². The fourth-order valence-electron chi connectivity index (χ4n) is 4.56. The monoisotopic (exact) mass is 458 g/mol. The maximum absolute atomic E-state index is 4.87. The van der Waals surface area contributed by atoms with Crippen molar-refractivity contribution in [1.82, 2.24) is 15.3 Å². The summed E-state index contributed by atoms with van der Waals surface area (Å²) in [5.74, 6) is 2.20. The summed E-state index contributed by atoms with van der Waals surface area (Å²) < 4.78 is 0. The van der Waals surface area contributed by atoms with Crippen molar-refractivity contribution in [3.8, 4) is 0 Å². The van der Waals surface area contributed by atoms with E-state index >= 15 is 0 Å². The molecule has 0 bridgehead atoms. The molecule has 0 aliphatic carbocycles. The van der Waals surface area contributed by atoms with Crippen LogP contribution in [-0.4, -0.2) is 40.6 Å². The Kier molecular flexibility index (Phi) is 5.68. The van der Waals surface area contributed by atoms with Crippen molar-refractivity contribution in [1.29, 1.82) is 0 Å². The average molecular weight is 459 g/mol. The molecule has 2 aromatic heterocycles. The highest BCUT2D eigenvalue weighted by molar-refractivity contribution is 6.49. The molecule has 6 nitrogen and oxygen atoms in total. The van der Waals surface area contributed by atoms with Gasteiger partial charge in [0.1, 0.15) is 5.84 Å². The van der Waals surface area contributed by atoms with Gasteiger partial charge in [0.25, 0.3) is 0 Å². The van der Waals surface area contributed by atoms with E-state index < -0.39 is 0 Å². The first kappa shape index (κ1) is 21.1. The Balaban J connectivity index is 1.21. The first-order chi connectivity index (χ1) is 17.3. The summed E-state index contributed by atoms with van der Waals surface area (Å²) in [6.45, 7) is 1.30. The molecule has 1 aliphatic heterocycles. The lowest BCUT2D eigenvalue weighted by molar-refractivity contribution is 0.964. The number of aromatic amines is 2. The van der Waals surface area contributed by atoms with Gasteiger partial charge in [0.2, 0.25) is 0 Å². The number of amidine groups is 3. The zero-order valence-electron chi connectivity index (χ0n) is 19.3. The van der Waals surface area contributed by atoms with Gasteiger partial charge in [-0.05, 0) is 36.1 Å². The maximum atomic E-state index is 4.87. The first-order valence-corrected chi connectivity index (χ1v) is 12.0. The molecule has 0 atom stereocenters. The predicted molar refractivity (Wildman–Crippen MR) is 145 cm³/mol. The van der Waals surface area contributed by atoms with Crippen molar-refractivity contribution >= 4 is 39.3 Å². The fourth-order valence-corrected chi connectivity index (χ4v) is 4.56. The lowest BCUT2D eigenvalue weighted by Gasteiger charge is -2.03. The molecule has 3 aromatic carbocycles. The Labute approximate surface area is 203 Å². The van der Waals surface area contributed by atoms with Crippen LogP contribution < -0.4 is 5.32 Å². The molecule has 5 aromatic rings. The van der Waals surface area contributed by atoms with Crippen LogP contribution in [0, 0.1) is 0 Å². The van der Waals surface area contributed by atoms with Crippen LogP contribution in [-0.2, 0) is 12.8 Å². The summed E-state index contributed by atoms with van der Waals surface area (Å²) in [6, 6.07) is 26.9. The van der Waals surface area contributed by atoms with E-state index in [1.54, 1.807) is 0 Å². The average Bonchev–Trinajstić information content (AvgIpc) is 3.63. The second-order valence-corrected chi connectivity index (χ2v) is 8.61. The Morgan fingerprint density at radius 3 is 1.86 bits per heavy atom. The number of fused-ring (bicyclic) bond motifs is 2. The first-order valence-electron chi connectivity index (χ1n) is 12.0. The highest BCUT2D eigenvalue weighted by Gasteiger charge is 2.20. The van der Waals surface area contributed by atoms with Crippen LogP contribution in [0.15, 0.2) is 106 Å². The summed E-state index contributed by atoms with van der Waals surface area (Å²) in [7, 11) is 0. The summed E-state index contributed by atoms with van der Waals surface area (Å²) in [5, 5.41) is 5.90. The minimum absolute atomic E-state index is 0.645. The van der Waals surface area contributed by atoms with Crippen LogP contribution in [0.4, 0.5) is 0 Å². The molecular formula is C29H26N6. The molecule has 0 unspecified atom stereocenters. The standard InChI is InChI=1S/C29H26N6/c1-2-8-20(9-3-1)27-34-28(30-16-14-21-18-32-25-12-6-4-10-23(21)25)29(35-27)31-17-15-22-19-33-26-13-7-5-11-24(22)26/h1-13,18-19,32-33H,14-17H2,(H,30,31,34,35). The normalized spacial score (nSPS) is 15.8. The highest BCUT2D eigenvalue weighted by Crippen LogP contribution is 2.19. The van der Waals surface area contributed by atoms with Crippen molar-refractivity contribution in [3.63, 3.8) is 0 Å². The largest absolute Gasteiger partial charge is 0.361 e. The number of nitrogens with one attached hydrogen (secondary N) is 3. The Morgan fingerprint density at radius 2 is 1.20 bits per heavy atom. The van der Waals surface area contributed by atoms with E-state index in [2.05, 4.69) is 64.1 Å². The number of aromatic nitrogens is 2. The van der Waals surface area contributed by atoms with E-state index in [0.29, 0.717) is 18.9 Å². The van der Waals surface area contributed by atoms with Crippen molar-refractivity contribution in [2.75, 3.05) is 13.1 Å². The van der Waals surface area contributed by atoms with Gasteiger partial charge in [-0.15, -0.1) is 0 Å². The molecule has 35 heavy (non-hydrogen) atoms. The number of H-pyrrole nitrogens is 2. The van der Waals surface area contributed by atoms with E-state index in [-0.39, 0.29) is 0 Å². The molecule has 3 heterocycles. The second-order valence-electron chi connectivity index (χ2n) is 8.61. The molecule has 3 N–H and O–H groups in total. The number of nitrogens with zero attached hydrogens (tertiary/aromatic N) is 3. The maximum Gasteiger partial charge on any atom is 0.192 e. The van der Waals surface area contributed by atoms with Crippen molar-refractivity contribution in [2.45, 2.75) is 12.8 Å². The summed E-state index contributed by atoms with van der Waals surface area (Å²) in [4.78, 5) is 21.2. The van der Waals surface area contributed by atoms with Gasteiger partial charge in [-0.3, -0.25) is 9.98 Å². The van der Waals surface area contributed by atoms with Crippen LogP contribution in [0.3, 0.4) is 0 Å². The summed E-state index contributed by atoms with van der Waals surface area (Å²) >= 11 is 0. The minimum atomic E-state index is 0.645. The van der Waals surface area contributed by atoms with Crippen LogP contribution in [0.5, 0.6) is 0 Å². The highest BCUT2D eigenvalue weighted by atomic mass is 15.2. The molecule has 0 fully saturated rings. The van der Waals surface area contributed by atoms with Gasteiger partial charge in [0.15, 0.2) is 11.7 Å². The summed E-state index contributed by atoms with van der Waals surface area (Å²) in [5.41, 5.74) is 5.87. The molecule has 6 rings (SSSR count). The smallest absolute Gasteiger partial charge is 0.192 e. The zero-order chi connectivity index (χ0) is 23.5. The van der Waals surface area contributed by atoms with Gasteiger partial charge in [-0.25, -0.2) is 4.99 Å². The van der Waals surface area contributed by atoms with Gasteiger partial charge in [-0.2, -0.15) is 0 Å². The minimum Gasteiger partial charge on any atom is -0.361 e. The Bertz CT molecular complexity index is 1570. The molecule has 1 aliphatic rings. The lowest BCUT2D eigenvalue weighted by Crippen LogP contribution is -2.28. The van der Waals surface area contributed by atoms with Crippen LogP contribution >= 0.6 is 0 Å². The van der Waals surface area contributed by atoms with E-state index in [1.807, 2.05) is 42.5 Å². The third kappa shape index (κ3) is 4.38. The number of aliphatic imine (C=N–C) groups is 3. The van der Waals surface area contributed by atoms with Crippen molar-refractivity contribution in [3.05, 3.63) is 108 Å². The van der Waals surface area contributed by atoms with Gasteiger partial charge < -0.3 is 15.3 Å². The Hall–Kier alpha value is -4.45. The molecule has 0 spiro atoms. The number of hydrogen-bond donors (Lipinski definition) is 3. The molecule has 0 radical (unpaired) electrons. The van der Waals surface area contributed by atoms with Gasteiger partial charge in [0, 0.05) is 52.9 Å². The second kappa shape index (κ2) is 9.43. The van der Waals surface area contributed by atoms with E-state index in [4.69, 9.17) is 15.0 Å². The number of rotatable bonds is 7. The van der Waals surface area contributed by atoms with Crippen LogP contribution in [0.25, 0.3) is 21.8 Å². The quantitative estimate of drug-likeness (QED) is 0.305. The number of hydrogen-bond acceptors (Lipinski definition) is 2. The van der Waals surface area contributed by atoms with E-state index in [1.165, 1.54) is 21.9 Å². The molecule has 6 heteroatoms. The van der Waals surface area contributed by atoms with E-state index in [0.717, 1.165) is 41.1 Å². The van der Waals surface area contributed by atoms with Crippen LogP contribution in [0.1, 0.15) is 16.7 Å². The lowest BCUT2D eigenvalue weighted by atomic mass is 10.1. The molecule has 0 saturated carbocycles. The fraction of sp³-hybridized carbons (Fsp3) is 0.138. The molecular weight excluding hydrogens is 432 g/mol. The predicted octanol–water partition coefficient (Wildman–Crippen LogP) is 5.28. The number of benzene rings is 3. The van der Waals surface area contributed by atoms with Gasteiger partial charge >= 0.3 is 0 Å². The van der Waals surface area contributed by atoms with Crippen molar-refractivity contribution in [2.24, 2.45) is 15.0 Å². The third-order valence-corrected chi connectivity index (χ3v) is 6.36. The molecule has 172 valence electrons. The molecule has 0 amide bonds. The zero-order valence-corrected chi connectivity index (χ0v) is 19.3. The third-order valence-electron chi connectivity index (χ3n) is 6.36. The number of para-hydroxylation sites is 2. The Morgan fingerprint density at radius 1 is 0.629 bits per heavy atom.